The molecule has 142 valence electrons. The van der Waals surface area contributed by atoms with Crippen molar-refractivity contribution < 1.29 is 32.4 Å². The number of nitro groups is 1. The van der Waals surface area contributed by atoms with E-state index >= 15 is 0 Å². The molecular weight excluding hydrogens is 371 g/mol. The number of rotatable bonds is 5. The molecule has 0 aliphatic carbocycles. The monoisotopic (exact) mass is 383 g/mol. The van der Waals surface area contributed by atoms with Crippen LogP contribution in [0.5, 0.6) is 0 Å². The van der Waals surface area contributed by atoms with Gasteiger partial charge >= 0.3 is 5.97 Å². The van der Waals surface area contributed by atoms with Crippen molar-refractivity contribution in [2.75, 3.05) is 11.1 Å². The van der Waals surface area contributed by atoms with Crippen LogP contribution in [0.3, 0.4) is 0 Å². The van der Waals surface area contributed by atoms with Gasteiger partial charge in [0, 0.05) is 6.07 Å². The Morgan fingerprint density at radius 3 is 2.48 bits per heavy atom. The predicted octanol–water partition coefficient (Wildman–Crippen LogP) is 2.78. The highest BCUT2D eigenvalue weighted by Gasteiger charge is 2.23. The topological polar surface area (TPSA) is 125 Å². The van der Waals surface area contributed by atoms with Gasteiger partial charge in [0.25, 0.3) is 11.6 Å². The summed E-state index contributed by atoms with van der Waals surface area (Å²) in [5.74, 6) is -6.93. The van der Waals surface area contributed by atoms with Crippen LogP contribution in [0.1, 0.15) is 17.3 Å². The highest BCUT2D eigenvalue weighted by Crippen LogP contribution is 2.23. The fraction of sp³-hybridized carbons (Fsp3) is 0.125. The van der Waals surface area contributed by atoms with Gasteiger partial charge in [-0.1, -0.05) is 0 Å². The number of halogens is 3. The molecule has 1 atom stereocenters. The predicted molar refractivity (Wildman–Crippen MR) is 87.3 cm³/mol. The number of nitro benzene ring substituents is 1. The summed E-state index contributed by atoms with van der Waals surface area (Å²) in [5, 5.41) is 12.8. The first kappa shape index (κ1) is 19.7. The third-order valence-electron chi connectivity index (χ3n) is 3.41. The second kappa shape index (κ2) is 7.72. The number of nitrogens with two attached hydrogens (primary N) is 1. The molecule has 1 amide bonds. The lowest BCUT2D eigenvalue weighted by Crippen LogP contribution is -2.30. The third kappa shape index (κ3) is 4.32. The lowest BCUT2D eigenvalue weighted by Gasteiger charge is -2.14. The molecule has 0 fully saturated rings. The lowest BCUT2D eigenvalue weighted by atomic mass is 10.2. The molecule has 0 unspecified atom stereocenters. The van der Waals surface area contributed by atoms with Crippen LogP contribution < -0.4 is 11.1 Å². The number of anilines is 2. The number of esters is 1. The molecule has 0 heterocycles. The Hall–Kier alpha value is -3.63. The Morgan fingerprint density at radius 2 is 1.85 bits per heavy atom. The molecule has 0 saturated heterocycles. The molecule has 8 nitrogen and oxygen atoms in total. The summed E-state index contributed by atoms with van der Waals surface area (Å²) in [6.07, 6.45) is -1.47. The molecule has 27 heavy (non-hydrogen) atoms. The van der Waals surface area contributed by atoms with Gasteiger partial charge in [0.1, 0.15) is 5.69 Å². The molecule has 0 spiro atoms. The van der Waals surface area contributed by atoms with E-state index in [1.54, 1.807) is 0 Å². The van der Waals surface area contributed by atoms with E-state index < -0.39 is 51.7 Å². The summed E-state index contributed by atoms with van der Waals surface area (Å²) in [4.78, 5) is 34.0. The highest BCUT2D eigenvalue weighted by atomic mass is 19.2. The number of nitrogens with zero attached hydrogens (tertiary/aromatic N) is 1. The first-order chi connectivity index (χ1) is 12.6. The summed E-state index contributed by atoms with van der Waals surface area (Å²) in [6.45, 7) is 1.14. The SMILES string of the molecule is C[C@@H](OC(=O)c1ccc(N)c([N+](=O)[O-])c1)C(=O)Nc1ccc(F)c(F)c1F. The van der Waals surface area contributed by atoms with E-state index in [2.05, 4.69) is 0 Å². The van der Waals surface area contributed by atoms with E-state index in [9.17, 15) is 32.9 Å². The maximum Gasteiger partial charge on any atom is 0.339 e. The van der Waals surface area contributed by atoms with Crippen LogP contribution in [0, 0.1) is 27.6 Å². The summed E-state index contributed by atoms with van der Waals surface area (Å²) < 4.78 is 44.4. The Kier molecular flexibility index (Phi) is 5.63. The zero-order chi connectivity index (χ0) is 20.3. The van der Waals surface area contributed by atoms with E-state index in [0.29, 0.717) is 6.07 Å². The van der Waals surface area contributed by atoms with E-state index in [1.165, 1.54) is 0 Å². The summed E-state index contributed by atoms with van der Waals surface area (Å²) in [6, 6.07) is 4.56. The van der Waals surface area contributed by atoms with E-state index in [0.717, 1.165) is 31.2 Å². The summed E-state index contributed by atoms with van der Waals surface area (Å²) in [7, 11) is 0. The van der Waals surface area contributed by atoms with Crippen LogP contribution in [0.25, 0.3) is 0 Å². The molecule has 11 heteroatoms. The number of hydrogen-bond acceptors (Lipinski definition) is 6. The van der Waals surface area contributed by atoms with Gasteiger partial charge in [-0.15, -0.1) is 0 Å². The number of hydrogen-bond donors (Lipinski definition) is 2. The normalized spacial score (nSPS) is 11.6. The summed E-state index contributed by atoms with van der Waals surface area (Å²) >= 11 is 0. The van der Waals surface area contributed by atoms with E-state index in [1.807, 2.05) is 5.32 Å². The first-order valence-corrected chi connectivity index (χ1v) is 7.31. The molecule has 0 saturated carbocycles. The molecule has 3 N–H and O–H groups in total. The number of carbonyl (C=O) groups is 2. The Labute approximate surface area is 149 Å². The van der Waals surface area contributed by atoms with Crippen molar-refractivity contribution in [1.29, 1.82) is 0 Å². The Bertz CT molecular complexity index is 936. The van der Waals surface area contributed by atoms with Crippen molar-refractivity contribution in [2.45, 2.75) is 13.0 Å². The van der Waals surface area contributed by atoms with Gasteiger partial charge in [0.05, 0.1) is 16.2 Å². The molecule has 0 aliphatic rings. The molecule has 0 radical (unpaired) electrons. The number of nitrogens with one attached hydrogen (secondary N) is 1. The van der Waals surface area contributed by atoms with Gasteiger partial charge in [-0.25, -0.2) is 18.0 Å². The van der Waals surface area contributed by atoms with Gasteiger partial charge in [-0.05, 0) is 31.2 Å². The van der Waals surface area contributed by atoms with Crippen molar-refractivity contribution in [2.24, 2.45) is 0 Å². The van der Waals surface area contributed by atoms with Gasteiger partial charge in [-0.2, -0.15) is 0 Å². The van der Waals surface area contributed by atoms with Crippen molar-refractivity contribution in [1.82, 2.24) is 0 Å². The maximum atomic E-state index is 13.6. The standard InChI is InChI=1S/C16H12F3N3O5/c1-7(15(23)21-11-5-3-9(17)13(18)14(11)19)27-16(24)8-2-4-10(20)12(6-8)22(25)26/h2-7H,20H2,1H3,(H,21,23)/t7-/m1/s1. The molecular formula is C16H12F3N3O5. The minimum absolute atomic E-state index is 0.170. The highest BCUT2D eigenvalue weighted by molar-refractivity contribution is 5.97. The summed E-state index contributed by atoms with van der Waals surface area (Å²) in [5.41, 5.74) is 3.83. The smallest absolute Gasteiger partial charge is 0.339 e. The van der Waals surface area contributed by atoms with Gasteiger partial charge in [0.2, 0.25) is 0 Å². The fourth-order valence-corrected chi connectivity index (χ4v) is 1.97. The zero-order valence-corrected chi connectivity index (χ0v) is 13.7. The second-order valence-corrected chi connectivity index (χ2v) is 5.29. The van der Waals surface area contributed by atoms with Crippen molar-refractivity contribution in [3.05, 3.63) is 63.5 Å². The van der Waals surface area contributed by atoms with Crippen LogP contribution in [-0.4, -0.2) is 22.9 Å². The van der Waals surface area contributed by atoms with Gasteiger partial charge < -0.3 is 15.8 Å². The lowest BCUT2D eigenvalue weighted by molar-refractivity contribution is -0.383. The zero-order valence-electron chi connectivity index (χ0n) is 13.7. The first-order valence-electron chi connectivity index (χ1n) is 7.31. The van der Waals surface area contributed by atoms with Gasteiger partial charge in [-0.3, -0.25) is 14.9 Å². The average Bonchev–Trinajstić information content (AvgIpc) is 2.62. The van der Waals surface area contributed by atoms with Crippen LogP contribution in [0.4, 0.5) is 30.2 Å². The van der Waals surface area contributed by atoms with Crippen molar-refractivity contribution in [3.8, 4) is 0 Å². The average molecular weight is 383 g/mol. The van der Waals surface area contributed by atoms with Crippen LogP contribution in [0.2, 0.25) is 0 Å². The third-order valence-corrected chi connectivity index (χ3v) is 3.41. The number of benzene rings is 2. The van der Waals surface area contributed by atoms with Crippen LogP contribution in [-0.2, 0) is 9.53 Å². The van der Waals surface area contributed by atoms with E-state index in [-0.39, 0.29) is 11.3 Å². The van der Waals surface area contributed by atoms with E-state index in [4.69, 9.17) is 10.5 Å². The second-order valence-electron chi connectivity index (χ2n) is 5.29. The van der Waals surface area contributed by atoms with Crippen molar-refractivity contribution >= 4 is 28.9 Å². The maximum absolute atomic E-state index is 13.6. The number of amides is 1. The molecule has 2 rings (SSSR count). The molecule has 2 aromatic rings. The minimum Gasteiger partial charge on any atom is -0.449 e. The quantitative estimate of drug-likeness (QED) is 0.269. The number of carbonyl (C=O) groups excluding carboxylic acids is 2. The largest absolute Gasteiger partial charge is 0.449 e. The van der Waals surface area contributed by atoms with Gasteiger partial charge in [0.15, 0.2) is 23.6 Å². The Balaban J connectivity index is 2.10. The molecule has 0 aliphatic heterocycles. The molecule has 0 bridgehead atoms. The molecule has 2 aromatic carbocycles. The van der Waals surface area contributed by atoms with Crippen LogP contribution in [0.15, 0.2) is 30.3 Å². The number of ether oxygens (including phenoxy) is 1. The number of nitrogen functional groups attached to an aromatic ring is 1. The minimum atomic E-state index is -1.77. The van der Waals surface area contributed by atoms with Crippen LogP contribution >= 0.6 is 0 Å². The molecule has 0 aromatic heterocycles. The Morgan fingerprint density at radius 1 is 1.19 bits per heavy atom. The fourth-order valence-electron chi connectivity index (χ4n) is 1.97. The van der Waals surface area contributed by atoms with Crippen molar-refractivity contribution in [3.63, 3.8) is 0 Å².